The summed E-state index contributed by atoms with van der Waals surface area (Å²) < 4.78 is 11.6. The molecule has 0 unspecified atom stereocenters. The van der Waals surface area contributed by atoms with E-state index in [4.69, 9.17) is 9.47 Å². The van der Waals surface area contributed by atoms with Gasteiger partial charge in [-0.05, 0) is 35.9 Å². The number of rotatable bonds is 6. The Labute approximate surface area is 164 Å². The molecule has 0 fully saturated rings. The van der Waals surface area contributed by atoms with Crippen LogP contribution >= 0.6 is 27.3 Å². The summed E-state index contributed by atoms with van der Waals surface area (Å²) in [6.07, 6.45) is 0.304. The first-order valence-corrected chi connectivity index (χ1v) is 9.48. The van der Waals surface area contributed by atoms with E-state index in [0.29, 0.717) is 23.1 Å². The number of methoxy groups -OCH3 is 2. The number of nitrogens with zero attached hydrogens (tertiary/aromatic N) is 1. The largest absolute Gasteiger partial charge is 0.493 e. The number of ether oxygens (including phenoxy) is 2. The SMILES string of the molecule is COc1ccc(-c2csc(NC(=O)Cc3ccc(Br)cc3)n2)cc1OC. The van der Waals surface area contributed by atoms with E-state index < -0.39 is 0 Å². The van der Waals surface area contributed by atoms with Crippen molar-refractivity contribution in [2.24, 2.45) is 0 Å². The van der Waals surface area contributed by atoms with E-state index in [0.717, 1.165) is 21.3 Å². The Morgan fingerprint density at radius 2 is 1.85 bits per heavy atom. The molecule has 0 aliphatic rings. The number of hydrogen-bond donors (Lipinski definition) is 1. The van der Waals surface area contributed by atoms with Crippen molar-refractivity contribution in [3.63, 3.8) is 0 Å². The maximum Gasteiger partial charge on any atom is 0.230 e. The average Bonchev–Trinajstić information content (AvgIpc) is 3.11. The van der Waals surface area contributed by atoms with Crippen molar-refractivity contribution in [2.75, 3.05) is 19.5 Å². The molecule has 1 aromatic heterocycles. The molecular formula is C19H17BrN2O3S. The van der Waals surface area contributed by atoms with Gasteiger partial charge < -0.3 is 14.8 Å². The second kappa shape index (κ2) is 8.33. The molecular weight excluding hydrogens is 416 g/mol. The molecule has 7 heteroatoms. The number of aromatic nitrogens is 1. The number of thiazole rings is 1. The Morgan fingerprint density at radius 1 is 1.12 bits per heavy atom. The highest BCUT2D eigenvalue weighted by Gasteiger charge is 2.11. The van der Waals surface area contributed by atoms with Gasteiger partial charge in [0.05, 0.1) is 26.3 Å². The fourth-order valence-corrected chi connectivity index (χ4v) is 3.41. The second-order valence-corrected chi connectivity index (χ2v) is 7.23. The maximum atomic E-state index is 12.2. The molecule has 5 nitrogen and oxygen atoms in total. The zero-order valence-electron chi connectivity index (χ0n) is 14.3. The summed E-state index contributed by atoms with van der Waals surface area (Å²) in [5.41, 5.74) is 2.62. The van der Waals surface area contributed by atoms with Crippen molar-refractivity contribution < 1.29 is 14.3 Å². The van der Waals surface area contributed by atoms with E-state index in [1.54, 1.807) is 14.2 Å². The van der Waals surface area contributed by atoms with Gasteiger partial charge in [0, 0.05) is 15.4 Å². The van der Waals surface area contributed by atoms with Crippen LogP contribution < -0.4 is 14.8 Å². The van der Waals surface area contributed by atoms with Gasteiger partial charge in [0.15, 0.2) is 16.6 Å². The highest BCUT2D eigenvalue weighted by atomic mass is 79.9. The Bertz CT molecular complexity index is 909. The Morgan fingerprint density at radius 3 is 2.54 bits per heavy atom. The van der Waals surface area contributed by atoms with Gasteiger partial charge in [-0.25, -0.2) is 4.98 Å². The van der Waals surface area contributed by atoms with Gasteiger partial charge in [-0.3, -0.25) is 4.79 Å². The van der Waals surface area contributed by atoms with Crippen molar-refractivity contribution in [1.82, 2.24) is 4.98 Å². The molecule has 1 heterocycles. The van der Waals surface area contributed by atoms with Gasteiger partial charge in [0.25, 0.3) is 0 Å². The maximum absolute atomic E-state index is 12.2. The molecule has 0 atom stereocenters. The van der Waals surface area contributed by atoms with E-state index >= 15 is 0 Å². The van der Waals surface area contributed by atoms with Crippen LogP contribution in [-0.2, 0) is 11.2 Å². The van der Waals surface area contributed by atoms with Gasteiger partial charge in [0.2, 0.25) is 5.91 Å². The summed E-state index contributed by atoms with van der Waals surface area (Å²) >= 11 is 4.77. The molecule has 0 aliphatic heterocycles. The van der Waals surface area contributed by atoms with Crippen LogP contribution in [0.3, 0.4) is 0 Å². The Hall–Kier alpha value is -2.38. The third-order valence-electron chi connectivity index (χ3n) is 3.71. The first-order chi connectivity index (χ1) is 12.6. The highest BCUT2D eigenvalue weighted by molar-refractivity contribution is 9.10. The van der Waals surface area contributed by atoms with Crippen LogP contribution in [0.25, 0.3) is 11.3 Å². The predicted octanol–water partition coefficient (Wildman–Crippen LogP) is 4.77. The third-order valence-corrected chi connectivity index (χ3v) is 4.99. The molecule has 0 spiro atoms. The number of carbonyl (C=O) groups excluding carboxylic acids is 1. The van der Waals surface area contributed by atoms with Gasteiger partial charge in [-0.2, -0.15) is 0 Å². The summed E-state index contributed by atoms with van der Waals surface area (Å²) in [6, 6.07) is 13.3. The number of halogens is 1. The number of anilines is 1. The van der Waals surface area contributed by atoms with Crippen molar-refractivity contribution in [3.05, 3.63) is 57.9 Å². The van der Waals surface area contributed by atoms with Crippen LogP contribution in [0.1, 0.15) is 5.56 Å². The second-order valence-electron chi connectivity index (χ2n) is 5.46. The summed E-state index contributed by atoms with van der Waals surface area (Å²) in [5.74, 6) is 1.20. The molecule has 0 saturated heterocycles. The lowest BCUT2D eigenvalue weighted by molar-refractivity contribution is -0.115. The van der Waals surface area contributed by atoms with Crippen molar-refractivity contribution >= 4 is 38.3 Å². The fraction of sp³-hybridized carbons (Fsp3) is 0.158. The van der Waals surface area contributed by atoms with Crippen LogP contribution in [0, 0.1) is 0 Å². The van der Waals surface area contributed by atoms with Crippen LogP contribution in [0.2, 0.25) is 0 Å². The minimum absolute atomic E-state index is 0.0967. The van der Waals surface area contributed by atoms with E-state index in [1.807, 2.05) is 47.8 Å². The zero-order chi connectivity index (χ0) is 18.5. The van der Waals surface area contributed by atoms with Crippen molar-refractivity contribution in [1.29, 1.82) is 0 Å². The molecule has 3 aromatic rings. The van der Waals surface area contributed by atoms with Crippen LogP contribution in [0.5, 0.6) is 11.5 Å². The summed E-state index contributed by atoms with van der Waals surface area (Å²) in [6.45, 7) is 0. The van der Waals surface area contributed by atoms with E-state index in [2.05, 4.69) is 26.2 Å². The molecule has 26 heavy (non-hydrogen) atoms. The number of carbonyl (C=O) groups is 1. The topological polar surface area (TPSA) is 60.5 Å². The number of benzene rings is 2. The van der Waals surface area contributed by atoms with Crippen LogP contribution in [0.4, 0.5) is 5.13 Å². The van der Waals surface area contributed by atoms with Gasteiger partial charge in [0.1, 0.15) is 0 Å². The summed E-state index contributed by atoms with van der Waals surface area (Å²) in [4.78, 5) is 16.7. The molecule has 2 aromatic carbocycles. The molecule has 1 amide bonds. The van der Waals surface area contributed by atoms with Crippen molar-refractivity contribution in [3.8, 4) is 22.8 Å². The van der Waals surface area contributed by atoms with Crippen LogP contribution in [0.15, 0.2) is 52.3 Å². The van der Waals surface area contributed by atoms with Gasteiger partial charge in [-0.1, -0.05) is 28.1 Å². The molecule has 0 bridgehead atoms. The smallest absolute Gasteiger partial charge is 0.230 e. The normalized spacial score (nSPS) is 10.4. The first-order valence-electron chi connectivity index (χ1n) is 7.81. The quantitative estimate of drug-likeness (QED) is 0.609. The lowest BCUT2D eigenvalue weighted by Gasteiger charge is -2.08. The monoisotopic (exact) mass is 432 g/mol. The summed E-state index contributed by atoms with van der Waals surface area (Å²) in [5, 5.41) is 5.31. The molecule has 0 radical (unpaired) electrons. The molecule has 0 saturated carbocycles. The average molecular weight is 433 g/mol. The van der Waals surface area contributed by atoms with Crippen LogP contribution in [-0.4, -0.2) is 25.1 Å². The van der Waals surface area contributed by atoms with Gasteiger partial charge >= 0.3 is 0 Å². The lowest BCUT2D eigenvalue weighted by atomic mass is 10.1. The highest BCUT2D eigenvalue weighted by Crippen LogP contribution is 2.33. The van der Waals surface area contributed by atoms with E-state index in [1.165, 1.54) is 11.3 Å². The lowest BCUT2D eigenvalue weighted by Crippen LogP contribution is -2.14. The standard InChI is InChI=1S/C19H17BrN2O3S/c1-24-16-8-5-13(10-17(16)25-2)15-11-26-19(21-15)22-18(23)9-12-3-6-14(20)7-4-12/h3-8,10-11H,9H2,1-2H3,(H,21,22,23). The zero-order valence-corrected chi connectivity index (χ0v) is 16.7. The van der Waals surface area contributed by atoms with E-state index in [-0.39, 0.29) is 5.91 Å². The first kappa shape index (κ1) is 18.4. The molecule has 0 aliphatic carbocycles. The Balaban J connectivity index is 1.69. The summed E-state index contributed by atoms with van der Waals surface area (Å²) in [7, 11) is 3.19. The van der Waals surface area contributed by atoms with E-state index in [9.17, 15) is 4.79 Å². The minimum atomic E-state index is -0.0967. The molecule has 3 rings (SSSR count). The predicted molar refractivity (Wildman–Crippen MR) is 107 cm³/mol. The Kier molecular flexibility index (Phi) is 5.90. The fourth-order valence-electron chi connectivity index (χ4n) is 2.41. The third kappa shape index (κ3) is 4.42. The molecule has 134 valence electrons. The van der Waals surface area contributed by atoms with Gasteiger partial charge in [-0.15, -0.1) is 11.3 Å². The molecule has 1 N–H and O–H groups in total. The number of nitrogens with one attached hydrogen (secondary N) is 1. The van der Waals surface area contributed by atoms with Crippen molar-refractivity contribution in [2.45, 2.75) is 6.42 Å². The number of hydrogen-bond acceptors (Lipinski definition) is 5. The number of amides is 1. The minimum Gasteiger partial charge on any atom is -0.493 e.